The second-order valence-corrected chi connectivity index (χ2v) is 21.7. The van der Waals surface area contributed by atoms with Crippen LogP contribution in [0.15, 0.2) is 83.8 Å². The van der Waals surface area contributed by atoms with Crippen LogP contribution < -0.4 is 5.32 Å². The number of benzene rings is 1. The normalized spacial score (nSPS) is 29.5. The van der Waals surface area contributed by atoms with Crippen LogP contribution >= 0.6 is 34.0 Å². The lowest BCUT2D eigenvalue weighted by atomic mass is 9.47. The lowest BCUT2D eigenvalue weighted by molar-refractivity contribution is -0.153. The summed E-state index contributed by atoms with van der Waals surface area (Å²) in [5.74, 6) is 4.28. The fourth-order valence-corrected chi connectivity index (χ4v) is 14.7. The summed E-state index contributed by atoms with van der Waals surface area (Å²) in [4.78, 5) is 33.1. The summed E-state index contributed by atoms with van der Waals surface area (Å²) in [7, 11) is 0. The number of carbonyl (C=O) groups is 2. The Morgan fingerprint density at radius 3 is 2.36 bits per heavy atom. The van der Waals surface area contributed by atoms with Gasteiger partial charge in [-0.1, -0.05) is 102 Å². The molecule has 4 nitrogen and oxygen atoms in total. The minimum atomic E-state index is -0.764. The Hall–Kier alpha value is -3.00. The summed E-state index contributed by atoms with van der Waals surface area (Å²) in [6, 6.07) is 21.6. The molecule has 1 N–H and O–H groups in total. The number of nitrogens with one attached hydrogen (secondary N) is 1. The second kappa shape index (κ2) is 16.7. The summed E-state index contributed by atoms with van der Waals surface area (Å²) in [5, 5.41) is 5.20. The topological polar surface area (TPSA) is 55.4 Å². The van der Waals surface area contributed by atoms with E-state index in [0.717, 1.165) is 70.1 Å². The van der Waals surface area contributed by atoms with Crippen LogP contribution in [0, 0.1) is 46.3 Å². The Balaban J connectivity index is 0.922. The van der Waals surface area contributed by atoms with Gasteiger partial charge in [-0.05, 0) is 133 Å². The van der Waals surface area contributed by atoms with Crippen molar-refractivity contribution < 1.29 is 14.3 Å². The van der Waals surface area contributed by atoms with Crippen LogP contribution in [0.4, 0.5) is 0 Å². The van der Waals surface area contributed by atoms with E-state index in [9.17, 15) is 9.59 Å². The lowest BCUT2D eigenvalue weighted by Crippen LogP contribution is -2.51. The average Bonchev–Trinajstić information content (AvgIpc) is 4.01. The molecule has 0 spiro atoms. The summed E-state index contributed by atoms with van der Waals surface area (Å²) in [6.45, 7) is 12.5. The molecule has 1 aromatic carbocycles. The highest BCUT2D eigenvalue weighted by molar-refractivity contribution is 7.26. The number of ether oxygens (including phenoxy) is 1. The summed E-state index contributed by atoms with van der Waals surface area (Å²) < 4.78 is 6.39. The largest absolute Gasteiger partial charge is 0.461 e. The lowest BCUT2D eigenvalue weighted by Gasteiger charge is -2.58. The number of carbonyl (C=O) groups excluding carboxylic acids is 2. The van der Waals surface area contributed by atoms with Crippen molar-refractivity contribution in [1.29, 1.82) is 0 Å². The zero-order valence-electron chi connectivity index (χ0n) is 34.1. The summed E-state index contributed by atoms with van der Waals surface area (Å²) in [6.07, 6.45) is 16.4. The van der Waals surface area contributed by atoms with Gasteiger partial charge < -0.3 is 10.1 Å². The maximum Gasteiger partial charge on any atom is 0.329 e. The molecule has 8 rings (SSSR count). The molecule has 3 heterocycles. The van der Waals surface area contributed by atoms with Crippen molar-refractivity contribution >= 4 is 45.9 Å². The molecule has 9 atom stereocenters. The highest BCUT2D eigenvalue weighted by atomic mass is 32.1. The van der Waals surface area contributed by atoms with Crippen LogP contribution in [-0.4, -0.2) is 24.0 Å². The Morgan fingerprint density at radius 2 is 1.59 bits per heavy atom. The molecule has 3 aromatic heterocycles. The summed E-state index contributed by atoms with van der Waals surface area (Å²) in [5.41, 5.74) is 3.19. The maximum absolute atomic E-state index is 14.1. The quantitative estimate of drug-likeness (QED) is 0.108. The van der Waals surface area contributed by atoms with Gasteiger partial charge in [0.05, 0.1) is 4.88 Å². The first kappa shape index (κ1) is 39.8. The number of hydrogen-bond donors (Lipinski definition) is 1. The fourth-order valence-electron chi connectivity index (χ4n) is 11.9. The number of esters is 1. The van der Waals surface area contributed by atoms with Crippen molar-refractivity contribution in [2.45, 2.75) is 124 Å². The second-order valence-electron chi connectivity index (χ2n) is 18.6. The van der Waals surface area contributed by atoms with Crippen LogP contribution in [0.3, 0.4) is 0 Å². The zero-order chi connectivity index (χ0) is 39.0. The van der Waals surface area contributed by atoms with Crippen molar-refractivity contribution in [2.24, 2.45) is 46.3 Å². The van der Waals surface area contributed by atoms with E-state index in [4.69, 9.17) is 4.74 Å². The Kier molecular flexibility index (Phi) is 11.9. The van der Waals surface area contributed by atoms with Crippen LogP contribution in [0.25, 0.3) is 19.5 Å². The van der Waals surface area contributed by atoms with Crippen LogP contribution in [-0.2, 0) is 16.0 Å². The van der Waals surface area contributed by atoms with E-state index in [-0.39, 0.29) is 23.4 Å². The third-order valence-corrected chi connectivity index (χ3v) is 18.3. The molecule has 0 unspecified atom stereocenters. The van der Waals surface area contributed by atoms with Crippen molar-refractivity contribution in [2.75, 3.05) is 0 Å². The SMILES string of the molecule is CC(C)CCC[C@@H](C)[C@H]1CC[C@H]2[C@@H]3CC=C4C[C@@H](OC(=O)[C@H](Cc5ccccc5)NC(=O)c5ccc(-c6ccc(-c7cccs7)s6)s5)CC[C@]4(C)[C@H]3CC[C@]12C. The number of thiophene rings is 3. The van der Waals surface area contributed by atoms with E-state index >= 15 is 0 Å². The Morgan fingerprint density at radius 1 is 0.821 bits per heavy atom. The Labute approximate surface area is 347 Å². The first-order valence-electron chi connectivity index (χ1n) is 21.5. The highest BCUT2D eigenvalue weighted by Crippen LogP contribution is 2.67. The Bertz CT molecular complexity index is 1990. The molecule has 3 saturated carbocycles. The van der Waals surface area contributed by atoms with Crippen molar-refractivity contribution in [3.8, 4) is 19.5 Å². The molecule has 3 fully saturated rings. The van der Waals surface area contributed by atoms with E-state index < -0.39 is 6.04 Å². The molecule has 0 saturated heterocycles. The van der Waals surface area contributed by atoms with E-state index in [1.54, 1.807) is 22.7 Å². The molecule has 0 aliphatic heterocycles. The van der Waals surface area contributed by atoms with Crippen LogP contribution in [0.1, 0.15) is 120 Å². The van der Waals surface area contributed by atoms with Gasteiger partial charge in [0, 0.05) is 32.4 Å². The number of amides is 1. The molecule has 0 bridgehead atoms. The minimum absolute atomic E-state index is 0.158. The first-order valence-corrected chi connectivity index (χ1v) is 24.0. The van der Waals surface area contributed by atoms with E-state index in [0.29, 0.717) is 16.7 Å². The molecule has 298 valence electrons. The average molecular weight is 808 g/mol. The summed E-state index contributed by atoms with van der Waals surface area (Å²) >= 11 is 4.95. The van der Waals surface area contributed by atoms with Crippen molar-refractivity contribution in [1.82, 2.24) is 5.32 Å². The van der Waals surface area contributed by atoms with Gasteiger partial charge in [-0.2, -0.15) is 0 Å². The number of allylic oxidation sites excluding steroid dienone is 1. The van der Waals surface area contributed by atoms with Gasteiger partial charge in [0.2, 0.25) is 0 Å². The predicted octanol–water partition coefficient (Wildman–Crippen LogP) is 13.5. The van der Waals surface area contributed by atoms with Crippen LogP contribution in [0.2, 0.25) is 0 Å². The number of fused-ring (bicyclic) bond motifs is 5. The predicted molar refractivity (Wildman–Crippen MR) is 235 cm³/mol. The van der Waals surface area contributed by atoms with E-state index in [2.05, 4.69) is 75.7 Å². The molecule has 4 aliphatic carbocycles. The van der Waals surface area contributed by atoms with Gasteiger partial charge in [-0.15, -0.1) is 34.0 Å². The van der Waals surface area contributed by atoms with Gasteiger partial charge in [-0.25, -0.2) is 4.79 Å². The maximum atomic E-state index is 14.1. The van der Waals surface area contributed by atoms with Gasteiger partial charge in [0.15, 0.2) is 0 Å². The third kappa shape index (κ3) is 8.03. The molecule has 7 heteroatoms. The molecule has 1 amide bonds. The molecule has 56 heavy (non-hydrogen) atoms. The molecule has 4 aliphatic rings. The van der Waals surface area contributed by atoms with Gasteiger partial charge in [0.25, 0.3) is 5.91 Å². The fraction of sp³-hybridized carbons (Fsp3) is 0.551. The molecular formula is C49H61NO3S3. The minimum Gasteiger partial charge on any atom is -0.461 e. The number of hydrogen-bond acceptors (Lipinski definition) is 6. The van der Waals surface area contributed by atoms with Crippen LogP contribution in [0.5, 0.6) is 0 Å². The highest BCUT2D eigenvalue weighted by Gasteiger charge is 2.59. The molecule has 4 aromatic rings. The standard InChI is InChI=1S/C49H61NO3S3/c1-31(2)11-9-12-32(3)37-18-19-38-36-17-16-34-30-35(24-26-48(34,4)39(36)25-27-49(37,38)5)53-47(52)40(29-33-13-7-6-8-14-33)50-46(51)45-23-22-44(56-45)43-21-20-42(55-43)41-15-10-28-54-41/h6-8,10,13-16,20-23,28,31-32,35-40H,9,11-12,17-19,24-27,29-30H2,1-5H3,(H,50,51)/t32-,35+,36+,37-,38+,39+,40+,48+,49-/m1/s1. The van der Waals surface area contributed by atoms with Gasteiger partial charge in [0.1, 0.15) is 12.1 Å². The number of rotatable bonds is 13. The molecule has 0 radical (unpaired) electrons. The van der Waals surface area contributed by atoms with Gasteiger partial charge in [-0.3, -0.25) is 4.79 Å². The van der Waals surface area contributed by atoms with Gasteiger partial charge >= 0.3 is 5.97 Å². The first-order chi connectivity index (χ1) is 27.0. The van der Waals surface area contributed by atoms with E-state index in [1.165, 1.54) is 78.0 Å². The monoisotopic (exact) mass is 807 g/mol. The van der Waals surface area contributed by atoms with Crippen molar-refractivity contribution in [3.05, 3.63) is 94.2 Å². The smallest absolute Gasteiger partial charge is 0.329 e. The molecular weight excluding hydrogens is 747 g/mol. The van der Waals surface area contributed by atoms with Crippen molar-refractivity contribution in [3.63, 3.8) is 0 Å². The third-order valence-electron chi connectivity index (χ3n) is 14.9. The van der Waals surface area contributed by atoms with E-state index in [1.807, 2.05) is 42.5 Å². The zero-order valence-corrected chi connectivity index (χ0v) is 36.5.